The highest BCUT2D eigenvalue weighted by Crippen LogP contribution is 2.26. The summed E-state index contributed by atoms with van der Waals surface area (Å²) < 4.78 is 8.46. The second-order valence-corrected chi connectivity index (χ2v) is 4.84. The average Bonchev–Trinajstić information content (AvgIpc) is 2.74. The third-order valence-corrected chi connectivity index (χ3v) is 3.25. The Morgan fingerprint density at radius 1 is 1.39 bits per heavy atom. The van der Waals surface area contributed by atoms with E-state index >= 15 is 0 Å². The van der Waals surface area contributed by atoms with E-state index in [4.69, 9.17) is 4.74 Å². The molecule has 4 nitrogen and oxygen atoms in total. The van der Waals surface area contributed by atoms with E-state index < -0.39 is 0 Å². The van der Waals surface area contributed by atoms with Gasteiger partial charge < -0.3 is 10.1 Å². The van der Waals surface area contributed by atoms with Crippen LogP contribution in [0.15, 0.2) is 35.1 Å². The van der Waals surface area contributed by atoms with Crippen molar-refractivity contribution in [1.82, 2.24) is 15.1 Å². The van der Waals surface area contributed by atoms with Crippen LogP contribution >= 0.6 is 15.9 Å². The van der Waals surface area contributed by atoms with Gasteiger partial charge in [-0.05, 0) is 24.2 Å². The number of aromatic nitrogens is 2. The van der Waals surface area contributed by atoms with Crippen LogP contribution in [0.3, 0.4) is 0 Å². The number of aryl methyl sites for hydroxylation is 1. The molecular formula is C13H16BrN3O. The summed E-state index contributed by atoms with van der Waals surface area (Å²) >= 11 is 3.56. The van der Waals surface area contributed by atoms with Gasteiger partial charge in [0, 0.05) is 18.1 Å². The average molecular weight is 310 g/mol. The van der Waals surface area contributed by atoms with Crippen LogP contribution in [0, 0.1) is 0 Å². The summed E-state index contributed by atoms with van der Waals surface area (Å²) in [6.07, 6.45) is 3.53. The van der Waals surface area contributed by atoms with E-state index in [1.165, 1.54) is 5.56 Å². The van der Waals surface area contributed by atoms with Gasteiger partial charge in [0.1, 0.15) is 5.75 Å². The minimum Gasteiger partial charge on any atom is -0.454 e. The molecule has 0 fully saturated rings. The zero-order chi connectivity index (χ0) is 13.0. The van der Waals surface area contributed by atoms with Crippen molar-refractivity contribution in [3.8, 4) is 11.5 Å². The molecule has 0 atom stereocenters. The molecule has 0 unspecified atom stereocenters. The van der Waals surface area contributed by atoms with Gasteiger partial charge in [0.2, 0.25) is 0 Å². The monoisotopic (exact) mass is 309 g/mol. The summed E-state index contributed by atoms with van der Waals surface area (Å²) in [7, 11) is 1.86. The van der Waals surface area contributed by atoms with Crippen LogP contribution < -0.4 is 10.1 Å². The standard InChI is InChI=1S/C13H16BrN3O/c1-3-15-7-10-4-5-11(6-13(10)14)18-12-8-16-17(2)9-12/h4-6,8-9,15H,3,7H2,1-2H3. The molecule has 5 heteroatoms. The zero-order valence-corrected chi connectivity index (χ0v) is 12.1. The molecule has 0 saturated carbocycles. The van der Waals surface area contributed by atoms with Crippen LogP contribution in [-0.4, -0.2) is 16.3 Å². The predicted molar refractivity (Wildman–Crippen MR) is 74.8 cm³/mol. The van der Waals surface area contributed by atoms with Crippen molar-refractivity contribution in [1.29, 1.82) is 0 Å². The number of nitrogens with one attached hydrogen (secondary N) is 1. The first-order valence-electron chi connectivity index (χ1n) is 5.84. The van der Waals surface area contributed by atoms with Gasteiger partial charge in [0.05, 0.1) is 12.4 Å². The fraction of sp³-hybridized carbons (Fsp3) is 0.308. The molecule has 0 spiro atoms. The van der Waals surface area contributed by atoms with Crippen LogP contribution in [0.4, 0.5) is 0 Å². The summed E-state index contributed by atoms with van der Waals surface area (Å²) in [6.45, 7) is 3.90. The lowest BCUT2D eigenvalue weighted by atomic mass is 10.2. The summed E-state index contributed by atoms with van der Waals surface area (Å²) in [4.78, 5) is 0. The topological polar surface area (TPSA) is 39.1 Å². The minimum absolute atomic E-state index is 0.740. The van der Waals surface area contributed by atoms with Crippen molar-refractivity contribution < 1.29 is 4.74 Å². The zero-order valence-electron chi connectivity index (χ0n) is 10.5. The first-order valence-corrected chi connectivity index (χ1v) is 6.64. The van der Waals surface area contributed by atoms with Crippen LogP contribution in [0.2, 0.25) is 0 Å². The van der Waals surface area contributed by atoms with E-state index in [0.717, 1.165) is 29.1 Å². The maximum atomic E-state index is 5.71. The van der Waals surface area contributed by atoms with Crippen molar-refractivity contribution in [2.75, 3.05) is 6.54 Å². The van der Waals surface area contributed by atoms with Crippen LogP contribution in [-0.2, 0) is 13.6 Å². The number of hydrogen-bond donors (Lipinski definition) is 1. The molecule has 0 aliphatic heterocycles. The Hall–Kier alpha value is -1.33. The molecule has 0 saturated heterocycles. The van der Waals surface area contributed by atoms with Crippen molar-refractivity contribution >= 4 is 15.9 Å². The first-order chi connectivity index (χ1) is 8.69. The van der Waals surface area contributed by atoms with Crippen molar-refractivity contribution in [2.45, 2.75) is 13.5 Å². The highest BCUT2D eigenvalue weighted by atomic mass is 79.9. The Labute approximate surface area is 115 Å². The maximum Gasteiger partial charge on any atom is 0.165 e. The van der Waals surface area contributed by atoms with E-state index in [2.05, 4.69) is 39.3 Å². The van der Waals surface area contributed by atoms with Gasteiger partial charge in [-0.1, -0.05) is 28.9 Å². The normalized spacial score (nSPS) is 10.6. The summed E-state index contributed by atoms with van der Waals surface area (Å²) in [5, 5.41) is 7.36. The number of ether oxygens (including phenoxy) is 1. The molecule has 1 aromatic carbocycles. The number of rotatable bonds is 5. The summed E-state index contributed by atoms with van der Waals surface area (Å²) in [5.41, 5.74) is 1.22. The molecular weight excluding hydrogens is 294 g/mol. The number of halogens is 1. The summed E-state index contributed by atoms with van der Waals surface area (Å²) in [6, 6.07) is 5.99. The Morgan fingerprint density at radius 3 is 2.83 bits per heavy atom. The molecule has 96 valence electrons. The van der Waals surface area contributed by atoms with Crippen LogP contribution in [0.1, 0.15) is 12.5 Å². The van der Waals surface area contributed by atoms with Crippen molar-refractivity contribution in [3.05, 3.63) is 40.6 Å². The summed E-state index contributed by atoms with van der Waals surface area (Å²) in [5.74, 6) is 1.54. The molecule has 0 amide bonds. The quantitative estimate of drug-likeness (QED) is 0.922. The smallest absolute Gasteiger partial charge is 0.165 e. The molecule has 0 aliphatic rings. The van der Waals surface area contributed by atoms with E-state index in [1.807, 2.05) is 25.4 Å². The van der Waals surface area contributed by atoms with Crippen molar-refractivity contribution in [3.63, 3.8) is 0 Å². The molecule has 2 aromatic rings. The Bertz CT molecular complexity index is 525. The van der Waals surface area contributed by atoms with Gasteiger partial charge in [0.25, 0.3) is 0 Å². The molecule has 18 heavy (non-hydrogen) atoms. The molecule has 0 aliphatic carbocycles. The fourth-order valence-corrected chi connectivity index (χ4v) is 2.08. The molecule has 0 bridgehead atoms. The maximum absolute atomic E-state index is 5.71. The fourth-order valence-electron chi connectivity index (χ4n) is 1.58. The number of nitrogens with zero attached hydrogens (tertiary/aromatic N) is 2. The third-order valence-electron chi connectivity index (χ3n) is 2.51. The molecule has 1 aromatic heterocycles. The van der Waals surface area contributed by atoms with Gasteiger partial charge in [-0.2, -0.15) is 5.10 Å². The number of hydrogen-bond acceptors (Lipinski definition) is 3. The van der Waals surface area contributed by atoms with Gasteiger partial charge in [-0.25, -0.2) is 0 Å². The lowest BCUT2D eigenvalue weighted by molar-refractivity contribution is 0.481. The van der Waals surface area contributed by atoms with Crippen LogP contribution in [0.5, 0.6) is 11.5 Å². The Morgan fingerprint density at radius 2 is 2.22 bits per heavy atom. The van der Waals surface area contributed by atoms with E-state index in [0.29, 0.717) is 0 Å². The van der Waals surface area contributed by atoms with Gasteiger partial charge >= 0.3 is 0 Å². The second kappa shape index (κ2) is 6.02. The minimum atomic E-state index is 0.740. The molecule has 0 radical (unpaired) electrons. The highest BCUT2D eigenvalue weighted by molar-refractivity contribution is 9.10. The predicted octanol–water partition coefficient (Wildman–Crippen LogP) is 3.08. The largest absolute Gasteiger partial charge is 0.454 e. The molecule has 2 rings (SSSR count). The Balaban J connectivity index is 2.08. The van der Waals surface area contributed by atoms with E-state index in [9.17, 15) is 0 Å². The first kappa shape index (κ1) is 13.1. The Kier molecular flexibility index (Phi) is 4.38. The van der Waals surface area contributed by atoms with Gasteiger partial charge in [0.15, 0.2) is 5.75 Å². The van der Waals surface area contributed by atoms with Gasteiger partial charge in [-0.15, -0.1) is 0 Å². The lowest BCUT2D eigenvalue weighted by Crippen LogP contribution is -2.11. The van der Waals surface area contributed by atoms with E-state index in [1.54, 1.807) is 10.9 Å². The second-order valence-electron chi connectivity index (χ2n) is 3.99. The van der Waals surface area contributed by atoms with Crippen molar-refractivity contribution in [2.24, 2.45) is 7.05 Å². The highest BCUT2D eigenvalue weighted by Gasteiger charge is 2.04. The SMILES string of the molecule is CCNCc1ccc(Oc2cnn(C)c2)cc1Br. The number of benzene rings is 1. The third kappa shape index (κ3) is 3.34. The molecule has 1 N–H and O–H groups in total. The van der Waals surface area contributed by atoms with E-state index in [-0.39, 0.29) is 0 Å². The lowest BCUT2D eigenvalue weighted by Gasteiger charge is -2.08. The van der Waals surface area contributed by atoms with Crippen LogP contribution in [0.25, 0.3) is 0 Å². The molecule has 1 heterocycles. The van der Waals surface area contributed by atoms with Gasteiger partial charge in [-0.3, -0.25) is 4.68 Å².